The van der Waals surface area contributed by atoms with Gasteiger partial charge in [0.05, 0.1) is 11.5 Å². The van der Waals surface area contributed by atoms with Gasteiger partial charge in [0, 0.05) is 0 Å². The molecule has 112 valence electrons. The van der Waals surface area contributed by atoms with Crippen LogP contribution in [0.15, 0.2) is 29.2 Å². The van der Waals surface area contributed by atoms with Crippen molar-refractivity contribution in [3.63, 3.8) is 0 Å². The molecule has 1 amide bonds. The lowest BCUT2D eigenvalue weighted by Crippen LogP contribution is -2.17. The van der Waals surface area contributed by atoms with E-state index in [1.54, 1.807) is 0 Å². The average molecular weight is 321 g/mol. The molecule has 0 spiro atoms. The molecule has 0 atom stereocenters. The Morgan fingerprint density at radius 3 is 2.62 bits per heavy atom. The van der Waals surface area contributed by atoms with E-state index in [-0.39, 0.29) is 5.91 Å². The molecule has 5 heteroatoms. The number of thiocarbonyl (C=S) groups is 1. The van der Waals surface area contributed by atoms with Gasteiger partial charge in [-0.05, 0) is 30.2 Å². The molecular weight excluding hydrogens is 302 g/mol. The summed E-state index contributed by atoms with van der Waals surface area (Å²) in [5, 5.41) is 2.61. The van der Waals surface area contributed by atoms with E-state index in [0.717, 1.165) is 24.3 Å². The van der Waals surface area contributed by atoms with Crippen LogP contribution in [-0.4, -0.2) is 16.8 Å². The fraction of sp³-hybridized carbons (Fsp3) is 0.375. The number of rotatable bonds is 7. The van der Waals surface area contributed by atoms with E-state index in [1.165, 1.54) is 31.0 Å². The van der Waals surface area contributed by atoms with Crippen LogP contribution in [0.2, 0.25) is 0 Å². The van der Waals surface area contributed by atoms with Gasteiger partial charge in [0.1, 0.15) is 10.1 Å². The van der Waals surface area contributed by atoms with Crippen molar-refractivity contribution in [2.75, 3.05) is 6.61 Å². The van der Waals surface area contributed by atoms with Crippen LogP contribution in [0.4, 0.5) is 0 Å². The minimum absolute atomic E-state index is 0.124. The van der Waals surface area contributed by atoms with Gasteiger partial charge in [-0.25, -0.2) is 0 Å². The second kappa shape index (κ2) is 8.20. The van der Waals surface area contributed by atoms with E-state index in [0.29, 0.717) is 9.23 Å². The van der Waals surface area contributed by atoms with Gasteiger partial charge in [0.25, 0.3) is 5.91 Å². The first-order chi connectivity index (χ1) is 10.2. The van der Waals surface area contributed by atoms with Gasteiger partial charge in [-0.3, -0.25) is 4.79 Å². The molecule has 0 saturated carbocycles. The number of thioether (sulfide) groups is 1. The van der Waals surface area contributed by atoms with E-state index >= 15 is 0 Å². The topological polar surface area (TPSA) is 38.3 Å². The number of carbonyl (C=O) groups excluding carboxylic acids is 1. The number of amides is 1. The van der Waals surface area contributed by atoms with Gasteiger partial charge in [-0.2, -0.15) is 0 Å². The van der Waals surface area contributed by atoms with Crippen molar-refractivity contribution in [3.8, 4) is 5.75 Å². The number of nitrogens with one attached hydrogen (secondary N) is 1. The van der Waals surface area contributed by atoms with Gasteiger partial charge in [0.15, 0.2) is 0 Å². The van der Waals surface area contributed by atoms with Crippen LogP contribution in [0, 0.1) is 0 Å². The van der Waals surface area contributed by atoms with Crippen molar-refractivity contribution in [3.05, 3.63) is 34.7 Å². The first-order valence-corrected chi connectivity index (χ1v) is 8.39. The second-order valence-corrected chi connectivity index (χ2v) is 6.55. The van der Waals surface area contributed by atoms with Crippen LogP contribution in [-0.2, 0) is 4.79 Å². The summed E-state index contributed by atoms with van der Waals surface area (Å²) in [5.74, 6) is 0.744. The Morgan fingerprint density at radius 2 is 2.00 bits per heavy atom. The van der Waals surface area contributed by atoms with Crippen molar-refractivity contribution >= 4 is 40.3 Å². The standard InChI is InChI=1S/C16H19NO2S2/c1-2-3-4-5-10-19-13-8-6-12(7-9-13)11-14-15(18)17-16(20)21-14/h6-9,11H,2-5,10H2,1H3,(H,17,18,20)/b14-11+. The molecule has 1 aromatic rings. The molecule has 1 aliphatic heterocycles. The first kappa shape index (κ1) is 16.0. The lowest BCUT2D eigenvalue weighted by Gasteiger charge is -2.06. The summed E-state index contributed by atoms with van der Waals surface area (Å²) in [6, 6.07) is 7.76. The zero-order chi connectivity index (χ0) is 15.1. The van der Waals surface area contributed by atoms with Gasteiger partial charge in [0.2, 0.25) is 0 Å². The highest BCUT2D eigenvalue weighted by molar-refractivity contribution is 8.26. The summed E-state index contributed by atoms with van der Waals surface area (Å²) in [7, 11) is 0. The van der Waals surface area contributed by atoms with Crippen molar-refractivity contribution in [1.82, 2.24) is 5.32 Å². The summed E-state index contributed by atoms with van der Waals surface area (Å²) >= 11 is 6.25. The molecular formula is C16H19NO2S2. The molecule has 1 aliphatic rings. The van der Waals surface area contributed by atoms with Crippen molar-refractivity contribution in [2.45, 2.75) is 32.6 Å². The first-order valence-electron chi connectivity index (χ1n) is 7.17. The Morgan fingerprint density at radius 1 is 1.24 bits per heavy atom. The van der Waals surface area contributed by atoms with Crippen LogP contribution in [0.3, 0.4) is 0 Å². The van der Waals surface area contributed by atoms with Crippen LogP contribution < -0.4 is 10.1 Å². The van der Waals surface area contributed by atoms with E-state index in [1.807, 2.05) is 30.3 Å². The third kappa shape index (κ3) is 5.17. The summed E-state index contributed by atoms with van der Waals surface area (Å²) < 4.78 is 6.20. The number of ether oxygens (including phenoxy) is 1. The smallest absolute Gasteiger partial charge is 0.263 e. The van der Waals surface area contributed by atoms with Gasteiger partial charge < -0.3 is 10.1 Å². The summed E-state index contributed by atoms with van der Waals surface area (Å²) in [4.78, 5) is 12.2. The number of hydrogen-bond donors (Lipinski definition) is 1. The minimum Gasteiger partial charge on any atom is -0.494 e. The fourth-order valence-corrected chi connectivity index (χ4v) is 3.00. The van der Waals surface area contributed by atoms with Gasteiger partial charge in [-0.1, -0.05) is 62.3 Å². The fourth-order valence-electron chi connectivity index (χ4n) is 1.95. The molecule has 0 bridgehead atoms. The molecule has 2 rings (SSSR count). The highest BCUT2D eigenvalue weighted by Crippen LogP contribution is 2.26. The zero-order valence-electron chi connectivity index (χ0n) is 12.1. The Bertz CT molecular complexity index is 538. The largest absolute Gasteiger partial charge is 0.494 e. The molecule has 0 aliphatic carbocycles. The average Bonchev–Trinajstić information content (AvgIpc) is 2.78. The summed E-state index contributed by atoms with van der Waals surface area (Å²) in [6.45, 7) is 2.96. The predicted octanol–water partition coefficient (Wildman–Crippen LogP) is 4.13. The Balaban J connectivity index is 1.86. The van der Waals surface area contributed by atoms with Gasteiger partial charge >= 0.3 is 0 Å². The number of benzene rings is 1. The van der Waals surface area contributed by atoms with Crippen molar-refractivity contribution < 1.29 is 9.53 Å². The number of unbranched alkanes of at least 4 members (excludes halogenated alkanes) is 3. The third-order valence-electron chi connectivity index (χ3n) is 3.09. The molecule has 1 N–H and O–H groups in total. The van der Waals surface area contributed by atoms with E-state index < -0.39 is 0 Å². The lowest BCUT2D eigenvalue weighted by atomic mass is 10.2. The van der Waals surface area contributed by atoms with Crippen molar-refractivity contribution in [2.24, 2.45) is 0 Å². The maximum Gasteiger partial charge on any atom is 0.263 e. The molecule has 21 heavy (non-hydrogen) atoms. The number of carbonyl (C=O) groups is 1. The maximum absolute atomic E-state index is 11.6. The van der Waals surface area contributed by atoms with Crippen LogP contribution in [0.5, 0.6) is 5.75 Å². The molecule has 1 saturated heterocycles. The number of hydrogen-bond acceptors (Lipinski definition) is 4. The minimum atomic E-state index is -0.124. The molecule has 1 heterocycles. The zero-order valence-corrected chi connectivity index (χ0v) is 13.7. The maximum atomic E-state index is 11.6. The van der Waals surface area contributed by atoms with E-state index in [9.17, 15) is 4.79 Å². The van der Waals surface area contributed by atoms with E-state index in [2.05, 4.69) is 12.2 Å². The second-order valence-electron chi connectivity index (χ2n) is 4.83. The molecule has 3 nitrogen and oxygen atoms in total. The van der Waals surface area contributed by atoms with Gasteiger partial charge in [-0.15, -0.1) is 0 Å². The Kier molecular flexibility index (Phi) is 6.26. The third-order valence-corrected chi connectivity index (χ3v) is 4.25. The van der Waals surface area contributed by atoms with Crippen LogP contribution >= 0.6 is 24.0 Å². The monoisotopic (exact) mass is 321 g/mol. The predicted molar refractivity (Wildman–Crippen MR) is 92.4 cm³/mol. The summed E-state index contributed by atoms with van der Waals surface area (Å²) in [6.07, 6.45) is 6.64. The molecule has 0 radical (unpaired) electrons. The molecule has 0 aromatic heterocycles. The van der Waals surface area contributed by atoms with Crippen LogP contribution in [0.25, 0.3) is 6.08 Å². The lowest BCUT2D eigenvalue weighted by molar-refractivity contribution is -0.115. The quantitative estimate of drug-likeness (QED) is 0.465. The molecule has 1 fully saturated rings. The summed E-state index contributed by atoms with van der Waals surface area (Å²) in [5.41, 5.74) is 0.968. The van der Waals surface area contributed by atoms with Crippen molar-refractivity contribution in [1.29, 1.82) is 0 Å². The highest BCUT2D eigenvalue weighted by atomic mass is 32.2. The molecule has 1 aromatic carbocycles. The SMILES string of the molecule is CCCCCCOc1ccc(/C=C2/SC(=S)NC2=O)cc1. The Labute approximate surface area is 135 Å². The van der Waals surface area contributed by atoms with E-state index in [4.69, 9.17) is 17.0 Å². The normalized spacial score (nSPS) is 16.3. The van der Waals surface area contributed by atoms with Crippen LogP contribution in [0.1, 0.15) is 38.2 Å². The Hall–Kier alpha value is -1.33. The molecule has 0 unspecified atom stereocenters. The highest BCUT2D eigenvalue weighted by Gasteiger charge is 2.21.